The number of rotatable bonds is 6. The van der Waals surface area contributed by atoms with Gasteiger partial charge in [0.25, 0.3) is 0 Å². The predicted molar refractivity (Wildman–Crippen MR) is 72.5 cm³/mol. The summed E-state index contributed by atoms with van der Waals surface area (Å²) < 4.78 is 5.04. The minimum absolute atomic E-state index is 0.234. The van der Waals surface area contributed by atoms with E-state index in [1.165, 1.54) is 11.8 Å². The SMILES string of the molecule is CCCCOC(=O)CSc1c(N)cccc1Cl. The van der Waals surface area contributed by atoms with Crippen molar-refractivity contribution in [1.29, 1.82) is 0 Å². The summed E-state index contributed by atoms with van der Waals surface area (Å²) in [6, 6.07) is 5.29. The maximum atomic E-state index is 11.4. The van der Waals surface area contributed by atoms with Crippen molar-refractivity contribution in [3.05, 3.63) is 23.2 Å². The third kappa shape index (κ3) is 4.88. The third-order valence-corrected chi connectivity index (χ3v) is 3.64. The van der Waals surface area contributed by atoms with Crippen LogP contribution in [0.2, 0.25) is 5.02 Å². The summed E-state index contributed by atoms with van der Waals surface area (Å²) >= 11 is 7.30. The van der Waals surface area contributed by atoms with E-state index >= 15 is 0 Å². The quantitative estimate of drug-likeness (QED) is 0.374. The Bertz CT molecular complexity index is 365. The van der Waals surface area contributed by atoms with Crippen LogP contribution in [0.15, 0.2) is 23.1 Å². The minimum Gasteiger partial charge on any atom is -0.465 e. The molecule has 1 aromatic rings. The molecular formula is C12H16ClNO2S. The predicted octanol–water partition coefficient (Wildman–Crippen LogP) is 3.36. The third-order valence-electron chi connectivity index (χ3n) is 2.09. The van der Waals surface area contributed by atoms with Gasteiger partial charge in [-0.05, 0) is 18.6 Å². The number of carbonyl (C=O) groups excluding carboxylic acids is 1. The molecule has 0 saturated heterocycles. The number of nitrogens with two attached hydrogens (primary N) is 1. The van der Waals surface area contributed by atoms with Crippen LogP contribution < -0.4 is 5.73 Å². The van der Waals surface area contributed by atoms with Gasteiger partial charge in [0.2, 0.25) is 0 Å². The number of hydrogen-bond donors (Lipinski definition) is 1. The molecule has 94 valence electrons. The lowest BCUT2D eigenvalue weighted by atomic mass is 10.3. The second-order valence-electron chi connectivity index (χ2n) is 3.52. The maximum absolute atomic E-state index is 11.4. The zero-order chi connectivity index (χ0) is 12.7. The van der Waals surface area contributed by atoms with Gasteiger partial charge in [-0.2, -0.15) is 0 Å². The molecule has 17 heavy (non-hydrogen) atoms. The van der Waals surface area contributed by atoms with Crippen molar-refractivity contribution >= 4 is 35.0 Å². The number of unbranched alkanes of at least 4 members (excludes halogenated alkanes) is 1. The van der Waals surface area contributed by atoms with Crippen molar-refractivity contribution < 1.29 is 9.53 Å². The first-order chi connectivity index (χ1) is 8.15. The number of esters is 1. The second kappa shape index (κ2) is 7.45. The van der Waals surface area contributed by atoms with E-state index in [2.05, 4.69) is 0 Å². The number of nitrogen functional groups attached to an aromatic ring is 1. The van der Waals surface area contributed by atoms with Crippen LogP contribution in [-0.2, 0) is 9.53 Å². The van der Waals surface area contributed by atoms with Gasteiger partial charge in [0.1, 0.15) is 0 Å². The topological polar surface area (TPSA) is 52.3 Å². The molecule has 0 bridgehead atoms. The van der Waals surface area contributed by atoms with Crippen LogP contribution in [-0.4, -0.2) is 18.3 Å². The minimum atomic E-state index is -0.234. The standard InChI is InChI=1S/C12H16ClNO2S/c1-2-3-7-16-11(15)8-17-12-9(13)5-4-6-10(12)14/h4-6H,2-3,7-8,14H2,1H3. The van der Waals surface area contributed by atoms with E-state index in [0.717, 1.165) is 17.7 Å². The van der Waals surface area contributed by atoms with E-state index < -0.39 is 0 Å². The van der Waals surface area contributed by atoms with E-state index in [-0.39, 0.29) is 11.7 Å². The van der Waals surface area contributed by atoms with Gasteiger partial charge in [0, 0.05) is 10.6 Å². The Labute approximate surface area is 111 Å². The average Bonchev–Trinajstić information content (AvgIpc) is 2.29. The monoisotopic (exact) mass is 273 g/mol. The van der Waals surface area contributed by atoms with Gasteiger partial charge >= 0.3 is 5.97 Å². The molecule has 0 aliphatic heterocycles. The molecule has 0 atom stereocenters. The first-order valence-corrected chi connectivity index (χ1v) is 6.84. The molecule has 1 aromatic carbocycles. The molecule has 0 amide bonds. The number of ether oxygens (including phenoxy) is 1. The molecule has 0 saturated carbocycles. The zero-order valence-electron chi connectivity index (χ0n) is 9.74. The highest BCUT2D eigenvalue weighted by Crippen LogP contribution is 2.32. The summed E-state index contributed by atoms with van der Waals surface area (Å²) in [6.07, 6.45) is 1.91. The van der Waals surface area contributed by atoms with E-state index in [9.17, 15) is 4.79 Å². The van der Waals surface area contributed by atoms with E-state index in [1.807, 2.05) is 6.92 Å². The summed E-state index contributed by atoms with van der Waals surface area (Å²) in [7, 11) is 0. The van der Waals surface area contributed by atoms with E-state index in [4.69, 9.17) is 22.1 Å². The van der Waals surface area contributed by atoms with Crippen molar-refractivity contribution in [2.45, 2.75) is 24.7 Å². The number of halogens is 1. The first kappa shape index (κ1) is 14.2. The highest BCUT2D eigenvalue weighted by atomic mass is 35.5. The van der Waals surface area contributed by atoms with Crippen LogP contribution >= 0.6 is 23.4 Å². The van der Waals surface area contributed by atoms with Crippen LogP contribution in [0.5, 0.6) is 0 Å². The molecule has 0 aromatic heterocycles. The molecule has 0 heterocycles. The van der Waals surface area contributed by atoms with Crippen molar-refractivity contribution in [3.8, 4) is 0 Å². The first-order valence-electron chi connectivity index (χ1n) is 5.47. The van der Waals surface area contributed by atoms with Crippen LogP contribution in [0.4, 0.5) is 5.69 Å². The van der Waals surface area contributed by atoms with Crippen molar-refractivity contribution in [2.24, 2.45) is 0 Å². The van der Waals surface area contributed by atoms with Crippen molar-refractivity contribution in [2.75, 3.05) is 18.1 Å². The fourth-order valence-corrected chi connectivity index (χ4v) is 2.31. The lowest BCUT2D eigenvalue weighted by Crippen LogP contribution is -2.08. The molecule has 0 spiro atoms. The Balaban J connectivity index is 2.42. The Morgan fingerprint density at radius 3 is 2.94 bits per heavy atom. The Kier molecular flexibility index (Phi) is 6.22. The maximum Gasteiger partial charge on any atom is 0.316 e. The van der Waals surface area contributed by atoms with Gasteiger partial charge in [-0.15, -0.1) is 11.8 Å². The molecule has 0 radical (unpaired) electrons. The van der Waals surface area contributed by atoms with Crippen LogP contribution in [0, 0.1) is 0 Å². The number of anilines is 1. The molecular weight excluding hydrogens is 258 g/mol. The molecule has 1 rings (SSSR count). The number of carbonyl (C=O) groups is 1. The fraction of sp³-hybridized carbons (Fsp3) is 0.417. The highest BCUT2D eigenvalue weighted by Gasteiger charge is 2.09. The molecule has 0 aliphatic rings. The summed E-state index contributed by atoms with van der Waals surface area (Å²) in [5.74, 6) is 0.000231. The summed E-state index contributed by atoms with van der Waals surface area (Å²) in [5.41, 5.74) is 6.36. The lowest BCUT2D eigenvalue weighted by molar-refractivity contribution is -0.140. The van der Waals surface area contributed by atoms with Gasteiger partial charge < -0.3 is 10.5 Å². The molecule has 3 nitrogen and oxygen atoms in total. The number of hydrogen-bond acceptors (Lipinski definition) is 4. The summed E-state index contributed by atoms with van der Waals surface area (Å²) in [5, 5.41) is 0.566. The molecule has 5 heteroatoms. The van der Waals surface area contributed by atoms with Gasteiger partial charge in [0.05, 0.1) is 17.4 Å². The van der Waals surface area contributed by atoms with Crippen LogP contribution in [0.1, 0.15) is 19.8 Å². The van der Waals surface area contributed by atoms with Gasteiger partial charge in [-0.3, -0.25) is 4.79 Å². The smallest absolute Gasteiger partial charge is 0.316 e. The van der Waals surface area contributed by atoms with E-state index in [1.54, 1.807) is 18.2 Å². The van der Waals surface area contributed by atoms with Gasteiger partial charge in [0.15, 0.2) is 0 Å². The largest absolute Gasteiger partial charge is 0.465 e. The number of benzene rings is 1. The van der Waals surface area contributed by atoms with Crippen molar-refractivity contribution in [1.82, 2.24) is 0 Å². The normalized spacial score (nSPS) is 10.2. The number of thioether (sulfide) groups is 1. The lowest BCUT2D eigenvalue weighted by Gasteiger charge is -2.07. The average molecular weight is 274 g/mol. The van der Waals surface area contributed by atoms with Crippen LogP contribution in [0.3, 0.4) is 0 Å². The Morgan fingerprint density at radius 2 is 2.29 bits per heavy atom. The van der Waals surface area contributed by atoms with E-state index in [0.29, 0.717) is 17.3 Å². The fourth-order valence-electron chi connectivity index (χ4n) is 1.18. The second-order valence-corrected chi connectivity index (χ2v) is 4.91. The molecule has 0 fully saturated rings. The Morgan fingerprint density at radius 1 is 1.53 bits per heavy atom. The highest BCUT2D eigenvalue weighted by molar-refractivity contribution is 8.00. The zero-order valence-corrected chi connectivity index (χ0v) is 11.3. The van der Waals surface area contributed by atoms with Gasteiger partial charge in [-0.1, -0.05) is 31.0 Å². The van der Waals surface area contributed by atoms with Crippen molar-refractivity contribution in [3.63, 3.8) is 0 Å². The van der Waals surface area contributed by atoms with Crippen LogP contribution in [0.25, 0.3) is 0 Å². The molecule has 0 aliphatic carbocycles. The summed E-state index contributed by atoms with van der Waals surface area (Å²) in [6.45, 7) is 2.53. The Hall–Kier alpha value is -0.870. The molecule has 2 N–H and O–H groups in total. The summed E-state index contributed by atoms with van der Waals surface area (Å²) in [4.78, 5) is 12.1. The van der Waals surface area contributed by atoms with Gasteiger partial charge in [-0.25, -0.2) is 0 Å². The molecule has 0 unspecified atom stereocenters.